The molecule has 198 valence electrons. The highest BCUT2D eigenvalue weighted by atomic mass is 16.7. The fourth-order valence-corrected chi connectivity index (χ4v) is 7.69. The number of ether oxygens (including phenoxy) is 4. The highest BCUT2D eigenvalue weighted by Crippen LogP contribution is 2.67. The number of rotatable bonds is 6. The smallest absolute Gasteiger partial charge is 0.435 e. The summed E-state index contributed by atoms with van der Waals surface area (Å²) in [5.74, 6) is -0.707. The summed E-state index contributed by atoms with van der Waals surface area (Å²) in [7, 11) is 0. The number of Topliss-reactive ketones (excluding diaryl/α,β-unsaturated/α-hetero) is 1. The van der Waals surface area contributed by atoms with Crippen molar-refractivity contribution in [2.24, 2.45) is 28.6 Å². The lowest BCUT2D eigenvalue weighted by atomic mass is 9.46. The molecule has 36 heavy (non-hydrogen) atoms. The summed E-state index contributed by atoms with van der Waals surface area (Å²) in [6.45, 7) is 6.79. The van der Waals surface area contributed by atoms with Crippen LogP contribution in [0.5, 0.6) is 0 Å². The van der Waals surface area contributed by atoms with Crippen molar-refractivity contribution >= 4 is 23.9 Å². The fourth-order valence-electron chi connectivity index (χ4n) is 7.69. The summed E-state index contributed by atoms with van der Waals surface area (Å²) >= 11 is 0. The Hall–Kier alpha value is -2.68. The van der Waals surface area contributed by atoms with Gasteiger partial charge in [-0.1, -0.05) is 25.5 Å². The molecule has 0 aromatic rings. The number of hydrogen-bond donors (Lipinski definition) is 1. The van der Waals surface area contributed by atoms with Crippen molar-refractivity contribution in [2.45, 2.75) is 71.5 Å². The van der Waals surface area contributed by atoms with Crippen LogP contribution in [-0.2, 0) is 28.5 Å². The van der Waals surface area contributed by atoms with Crippen molar-refractivity contribution in [3.8, 4) is 0 Å². The fraction of sp³-hybridized carbons (Fsp3) is 0.704. The molecular formula is C27H36O9. The van der Waals surface area contributed by atoms with Gasteiger partial charge in [-0.2, -0.15) is 0 Å². The zero-order valence-corrected chi connectivity index (χ0v) is 21.4. The van der Waals surface area contributed by atoms with Crippen molar-refractivity contribution < 1.29 is 43.2 Å². The lowest BCUT2D eigenvalue weighted by Crippen LogP contribution is -2.63. The van der Waals surface area contributed by atoms with E-state index in [1.54, 1.807) is 26.0 Å². The molecule has 4 rings (SSSR count). The Morgan fingerprint density at radius 2 is 1.75 bits per heavy atom. The molecule has 7 atom stereocenters. The number of fused-ring (bicyclic) bond motifs is 5. The van der Waals surface area contributed by atoms with Crippen LogP contribution in [0.2, 0.25) is 0 Å². The van der Waals surface area contributed by atoms with E-state index in [0.29, 0.717) is 6.42 Å². The van der Waals surface area contributed by atoms with Crippen molar-refractivity contribution in [3.63, 3.8) is 0 Å². The first-order valence-electron chi connectivity index (χ1n) is 12.8. The molecule has 0 heterocycles. The highest BCUT2D eigenvalue weighted by Gasteiger charge is 2.70. The van der Waals surface area contributed by atoms with Crippen LogP contribution < -0.4 is 0 Å². The summed E-state index contributed by atoms with van der Waals surface area (Å²) in [4.78, 5) is 50.0. The van der Waals surface area contributed by atoms with E-state index in [2.05, 4.69) is 6.92 Å². The van der Waals surface area contributed by atoms with Crippen molar-refractivity contribution in [1.82, 2.24) is 0 Å². The first kappa shape index (κ1) is 26.4. The molecule has 4 aliphatic rings. The minimum Gasteiger partial charge on any atom is -0.435 e. The van der Waals surface area contributed by atoms with E-state index in [1.807, 2.05) is 13.0 Å². The summed E-state index contributed by atoms with van der Waals surface area (Å²) in [6.07, 6.45) is 4.98. The third-order valence-electron chi connectivity index (χ3n) is 9.17. The normalized spacial score (nSPS) is 38.7. The lowest BCUT2D eigenvalue weighted by molar-refractivity contribution is -0.183. The molecule has 0 unspecified atom stereocenters. The number of hydrogen-bond acceptors (Lipinski definition) is 9. The average Bonchev–Trinajstić information content (AvgIpc) is 3.10. The molecule has 0 radical (unpaired) electrons. The van der Waals surface area contributed by atoms with Crippen molar-refractivity contribution in [3.05, 3.63) is 23.8 Å². The van der Waals surface area contributed by atoms with Crippen LogP contribution in [0.4, 0.5) is 9.59 Å². The van der Waals surface area contributed by atoms with Gasteiger partial charge >= 0.3 is 12.3 Å². The Morgan fingerprint density at radius 3 is 2.44 bits per heavy atom. The quantitative estimate of drug-likeness (QED) is 0.536. The molecule has 4 aliphatic carbocycles. The topological polar surface area (TPSA) is 125 Å². The van der Waals surface area contributed by atoms with Gasteiger partial charge in [0.25, 0.3) is 0 Å². The van der Waals surface area contributed by atoms with Crippen LogP contribution >= 0.6 is 0 Å². The second kappa shape index (κ2) is 9.65. The van der Waals surface area contributed by atoms with E-state index in [0.717, 1.165) is 18.4 Å². The number of allylic oxidation sites excluding steroid dienone is 4. The minimum absolute atomic E-state index is 0.0312. The van der Waals surface area contributed by atoms with E-state index in [9.17, 15) is 24.3 Å². The monoisotopic (exact) mass is 504 g/mol. The molecule has 3 saturated carbocycles. The first-order valence-corrected chi connectivity index (χ1v) is 12.8. The lowest BCUT2D eigenvalue weighted by Gasteiger charge is -2.59. The predicted molar refractivity (Wildman–Crippen MR) is 127 cm³/mol. The second-order valence-electron chi connectivity index (χ2n) is 10.8. The van der Waals surface area contributed by atoms with Crippen LogP contribution in [0.1, 0.15) is 59.8 Å². The van der Waals surface area contributed by atoms with Crippen LogP contribution in [-0.4, -0.2) is 60.5 Å². The summed E-state index contributed by atoms with van der Waals surface area (Å²) in [5.41, 5.74) is -1.94. The maximum Gasteiger partial charge on any atom is 0.509 e. The molecule has 9 nitrogen and oxygen atoms in total. The summed E-state index contributed by atoms with van der Waals surface area (Å²) < 4.78 is 20.7. The van der Waals surface area contributed by atoms with E-state index >= 15 is 0 Å². The molecule has 0 amide bonds. The van der Waals surface area contributed by atoms with E-state index in [1.165, 1.54) is 0 Å². The Bertz CT molecular complexity index is 999. The first-order chi connectivity index (χ1) is 17.0. The predicted octanol–water partition coefficient (Wildman–Crippen LogP) is 3.92. The molecule has 0 aliphatic heterocycles. The van der Waals surface area contributed by atoms with Gasteiger partial charge in [0, 0.05) is 16.7 Å². The number of aliphatic hydroxyl groups is 1. The zero-order chi connectivity index (χ0) is 26.3. The number of aliphatic hydroxyl groups excluding tert-OH is 1. The van der Waals surface area contributed by atoms with Crippen LogP contribution in [0.25, 0.3) is 0 Å². The van der Waals surface area contributed by atoms with Gasteiger partial charge in [0.15, 0.2) is 18.0 Å². The molecule has 0 aromatic heterocycles. The molecule has 0 aromatic carbocycles. The maximum absolute atomic E-state index is 13.7. The van der Waals surface area contributed by atoms with Gasteiger partial charge in [0.05, 0.1) is 19.3 Å². The molecule has 1 N–H and O–H groups in total. The SMILES string of the molecule is CCOC(=O)OCC(=O)[C@@]1(OC(=O)OCC)CC[C@H]2[C@@H]3CCC4=CC(=O)C=C[C@]4(C)[C@H]3[C@@H](O)C[C@@]21C. The van der Waals surface area contributed by atoms with Gasteiger partial charge in [-0.25, -0.2) is 9.59 Å². The van der Waals surface area contributed by atoms with E-state index < -0.39 is 47.2 Å². The Labute approximate surface area is 211 Å². The summed E-state index contributed by atoms with van der Waals surface area (Å²) in [5, 5.41) is 11.6. The Morgan fingerprint density at radius 1 is 1.06 bits per heavy atom. The molecule has 9 heteroatoms. The van der Waals surface area contributed by atoms with Crippen LogP contribution in [0.15, 0.2) is 23.8 Å². The van der Waals surface area contributed by atoms with E-state index in [-0.39, 0.29) is 49.6 Å². The molecule has 3 fully saturated rings. The number of carbonyl (C=O) groups is 4. The van der Waals surface area contributed by atoms with Crippen molar-refractivity contribution in [2.75, 3.05) is 19.8 Å². The largest absolute Gasteiger partial charge is 0.509 e. The number of carbonyl (C=O) groups excluding carboxylic acids is 4. The third-order valence-corrected chi connectivity index (χ3v) is 9.17. The van der Waals surface area contributed by atoms with Gasteiger partial charge in [0.2, 0.25) is 5.78 Å². The van der Waals surface area contributed by atoms with E-state index in [4.69, 9.17) is 18.9 Å². The standard InChI is InChI=1S/C27H36O9/c1-5-33-23(31)35-15-21(30)27(36-24(32)34-6-2)12-10-19-18-8-7-16-13-17(28)9-11-25(16,3)22(18)20(29)14-26(19,27)4/h9,11,13,18-20,22,29H,5-8,10,12,14-15H2,1-4H3/t18-,19-,20-,22+,25-,26-,27-/m0/s1. The van der Waals surface area contributed by atoms with Crippen molar-refractivity contribution in [1.29, 1.82) is 0 Å². The Kier molecular flexibility index (Phi) is 7.07. The summed E-state index contributed by atoms with van der Waals surface area (Å²) in [6, 6.07) is 0. The Balaban J connectivity index is 1.68. The number of ketones is 2. The molecule has 0 saturated heterocycles. The minimum atomic E-state index is -1.61. The highest BCUT2D eigenvalue weighted by molar-refractivity contribution is 6.01. The third kappa shape index (κ3) is 4.05. The van der Waals surface area contributed by atoms with Crippen LogP contribution in [0.3, 0.4) is 0 Å². The molecular weight excluding hydrogens is 468 g/mol. The van der Waals surface area contributed by atoms with Gasteiger partial charge < -0.3 is 24.1 Å². The molecule has 0 bridgehead atoms. The van der Waals surface area contributed by atoms with Gasteiger partial charge in [-0.15, -0.1) is 0 Å². The zero-order valence-electron chi connectivity index (χ0n) is 21.4. The average molecular weight is 505 g/mol. The van der Waals surface area contributed by atoms with Gasteiger partial charge in [0.1, 0.15) is 0 Å². The van der Waals surface area contributed by atoms with Gasteiger partial charge in [-0.05, 0) is 69.9 Å². The van der Waals surface area contributed by atoms with Gasteiger partial charge in [-0.3, -0.25) is 9.59 Å². The maximum atomic E-state index is 13.7. The van der Waals surface area contributed by atoms with Crippen LogP contribution in [0, 0.1) is 28.6 Å². The second-order valence-corrected chi connectivity index (χ2v) is 10.8. The molecule has 0 spiro atoms.